The summed E-state index contributed by atoms with van der Waals surface area (Å²) in [4.78, 5) is 14.3. The van der Waals surface area contributed by atoms with Gasteiger partial charge in [-0.05, 0) is 63.1 Å². The lowest BCUT2D eigenvalue weighted by molar-refractivity contribution is -0.133. The molecule has 0 saturated carbocycles. The normalized spacial score (nSPS) is 16.8. The molecule has 1 fully saturated rings. The number of aromatic amines is 1. The first-order valence-corrected chi connectivity index (χ1v) is 8.83. The van der Waals surface area contributed by atoms with E-state index in [4.69, 9.17) is 4.74 Å². The van der Waals surface area contributed by atoms with Crippen LogP contribution in [0.3, 0.4) is 0 Å². The highest BCUT2D eigenvalue weighted by atomic mass is 16.5. The molecule has 1 amide bonds. The molecule has 6 heteroatoms. The molecule has 6 nitrogen and oxygen atoms in total. The van der Waals surface area contributed by atoms with Gasteiger partial charge in [0.2, 0.25) is 0 Å². The monoisotopic (exact) mass is 341 g/mol. The van der Waals surface area contributed by atoms with Gasteiger partial charge in [0.25, 0.3) is 5.91 Å². The van der Waals surface area contributed by atoms with Crippen LogP contribution in [-0.2, 0) is 4.79 Å². The van der Waals surface area contributed by atoms with Gasteiger partial charge in [-0.25, -0.2) is 0 Å². The Morgan fingerprint density at radius 3 is 3.04 bits per heavy atom. The molecule has 1 aromatic heterocycles. The molecular weight excluding hydrogens is 316 g/mol. The van der Waals surface area contributed by atoms with Gasteiger partial charge in [0.1, 0.15) is 5.75 Å². The van der Waals surface area contributed by atoms with Gasteiger partial charge in [-0.3, -0.25) is 9.89 Å². The zero-order valence-corrected chi connectivity index (χ0v) is 14.8. The van der Waals surface area contributed by atoms with E-state index in [1.54, 1.807) is 6.07 Å². The highest BCUT2D eigenvalue weighted by Crippen LogP contribution is 2.25. The molecule has 25 heavy (non-hydrogen) atoms. The van der Waals surface area contributed by atoms with Gasteiger partial charge in [-0.15, -0.1) is 0 Å². The van der Waals surface area contributed by atoms with Crippen molar-refractivity contribution in [3.8, 4) is 16.9 Å². The van der Waals surface area contributed by atoms with Crippen LogP contribution >= 0.6 is 0 Å². The molecule has 2 N–H and O–H groups in total. The Bertz CT molecular complexity index is 707. The lowest BCUT2D eigenvalue weighted by Crippen LogP contribution is -2.42. The summed E-state index contributed by atoms with van der Waals surface area (Å²) >= 11 is 0. The number of hydrogen-bond donors (Lipinski definition) is 2. The maximum absolute atomic E-state index is 12.5. The van der Waals surface area contributed by atoms with Crippen molar-refractivity contribution in [1.29, 1.82) is 0 Å². The van der Waals surface area contributed by atoms with E-state index in [0.29, 0.717) is 18.3 Å². The summed E-state index contributed by atoms with van der Waals surface area (Å²) in [6.07, 6.45) is 4.16. The number of amides is 1. The lowest BCUT2D eigenvalue weighted by atomic mass is 10.1. The summed E-state index contributed by atoms with van der Waals surface area (Å²) in [5, 5.41) is 10.4. The number of ether oxygens (including phenoxy) is 1. The third-order valence-corrected chi connectivity index (χ3v) is 4.60. The topological polar surface area (TPSA) is 70.2 Å². The van der Waals surface area contributed by atoms with E-state index in [-0.39, 0.29) is 12.5 Å². The van der Waals surface area contributed by atoms with Gasteiger partial charge >= 0.3 is 0 Å². The van der Waals surface area contributed by atoms with Crippen LogP contribution in [0.5, 0.6) is 5.75 Å². The molecule has 2 heterocycles. The predicted octanol–water partition coefficient (Wildman–Crippen LogP) is 2.16. The molecular formula is C19H25N4O2. The Hall–Kier alpha value is -2.34. The summed E-state index contributed by atoms with van der Waals surface area (Å²) in [7, 11) is 0. The van der Waals surface area contributed by atoms with Gasteiger partial charge in [-0.2, -0.15) is 5.10 Å². The molecule has 0 spiro atoms. The number of benzene rings is 1. The molecule has 1 aliphatic rings. The van der Waals surface area contributed by atoms with Gasteiger partial charge in [-0.1, -0.05) is 0 Å². The first-order chi connectivity index (χ1) is 12.2. The van der Waals surface area contributed by atoms with Crippen molar-refractivity contribution in [3.05, 3.63) is 36.2 Å². The smallest absolute Gasteiger partial charge is 0.260 e. The Kier molecular flexibility index (Phi) is 5.71. The molecule has 1 aromatic carbocycles. The second-order valence-corrected chi connectivity index (χ2v) is 6.36. The number of rotatable bonds is 7. The zero-order valence-electron chi connectivity index (χ0n) is 14.8. The fraction of sp³-hybridized carbons (Fsp3) is 0.474. The number of hydrogen-bond acceptors (Lipinski definition) is 4. The number of aromatic nitrogens is 2. The van der Waals surface area contributed by atoms with Crippen LogP contribution in [0.25, 0.3) is 11.1 Å². The molecule has 3 rings (SSSR count). The number of carbonyl (C=O) groups excluding carboxylic acids is 1. The summed E-state index contributed by atoms with van der Waals surface area (Å²) in [6, 6.07) is 9.03. The number of H-pyrrole nitrogens is 1. The van der Waals surface area contributed by atoms with Gasteiger partial charge in [0.05, 0.1) is 5.69 Å². The number of nitrogens with one attached hydrogen (secondary N) is 2. The van der Waals surface area contributed by atoms with Crippen molar-refractivity contribution in [3.63, 3.8) is 0 Å². The summed E-state index contributed by atoms with van der Waals surface area (Å²) in [5.41, 5.74) is 2.90. The van der Waals surface area contributed by atoms with E-state index < -0.39 is 0 Å². The van der Waals surface area contributed by atoms with Crippen molar-refractivity contribution in [2.45, 2.75) is 32.7 Å². The fourth-order valence-electron chi connectivity index (χ4n) is 3.16. The molecule has 0 aliphatic carbocycles. The summed E-state index contributed by atoms with van der Waals surface area (Å²) in [5.74, 6) is 0.655. The van der Waals surface area contributed by atoms with Crippen LogP contribution < -0.4 is 10.1 Å². The molecule has 1 atom stereocenters. The highest BCUT2D eigenvalue weighted by molar-refractivity contribution is 5.78. The van der Waals surface area contributed by atoms with Crippen LogP contribution in [0.2, 0.25) is 0 Å². The van der Waals surface area contributed by atoms with Gasteiger partial charge in [0.15, 0.2) is 6.61 Å². The lowest BCUT2D eigenvalue weighted by Gasteiger charge is -2.24. The van der Waals surface area contributed by atoms with Crippen LogP contribution in [0.1, 0.15) is 25.5 Å². The minimum atomic E-state index is 0.0149. The van der Waals surface area contributed by atoms with Crippen LogP contribution in [0.4, 0.5) is 0 Å². The Balaban J connectivity index is 1.58. The van der Waals surface area contributed by atoms with Crippen molar-refractivity contribution in [2.24, 2.45) is 0 Å². The van der Waals surface area contributed by atoms with E-state index in [2.05, 4.69) is 21.6 Å². The molecule has 0 bridgehead atoms. The Morgan fingerprint density at radius 1 is 1.48 bits per heavy atom. The highest BCUT2D eigenvalue weighted by Gasteiger charge is 2.20. The predicted molar refractivity (Wildman–Crippen MR) is 96.4 cm³/mol. The number of carbonyl (C=O) groups is 1. The minimum Gasteiger partial charge on any atom is -0.484 e. The van der Waals surface area contributed by atoms with Gasteiger partial charge in [0, 0.05) is 30.9 Å². The first-order valence-electron chi connectivity index (χ1n) is 8.83. The Labute approximate surface area is 148 Å². The molecule has 1 aliphatic heterocycles. The largest absolute Gasteiger partial charge is 0.484 e. The molecule has 0 unspecified atom stereocenters. The van der Waals surface area contributed by atoms with Crippen molar-refractivity contribution >= 4 is 5.91 Å². The SMILES string of the molecule is CCN(C[C@H]1CCCN1)C(=O)COc1c[c]cc(-c2c[nH]nc2C)c1. The van der Waals surface area contributed by atoms with E-state index in [1.165, 1.54) is 6.42 Å². The average molecular weight is 341 g/mol. The van der Waals surface area contributed by atoms with Crippen molar-refractivity contribution in [2.75, 3.05) is 26.2 Å². The Morgan fingerprint density at radius 2 is 2.36 bits per heavy atom. The average Bonchev–Trinajstić information content (AvgIpc) is 3.29. The molecule has 2 aromatic rings. The number of nitrogens with zero attached hydrogens (tertiary/aromatic N) is 2. The van der Waals surface area contributed by atoms with E-state index >= 15 is 0 Å². The second-order valence-electron chi connectivity index (χ2n) is 6.36. The van der Waals surface area contributed by atoms with E-state index in [9.17, 15) is 4.79 Å². The van der Waals surface area contributed by atoms with E-state index in [1.807, 2.05) is 37.1 Å². The fourth-order valence-corrected chi connectivity index (χ4v) is 3.16. The van der Waals surface area contributed by atoms with Crippen LogP contribution in [0.15, 0.2) is 24.4 Å². The standard InChI is InChI=1S/C19H25N4O2/c1-3-23(12-16-7-5-9-20-16)19(24)13-25-17-8-4-6-15(10-17)18-11-21-22-14(18)2/h6,8,10-11,16,20H,3,5,7,9,12-13H2,1-2H3,(H,21,22)/t16-/m1/s1. The van der Waals surface area contributed by atoms with Crippen LogP contribution in [0, 0.1) is 13.0 Å². The minimum absolute atomic E-state index is 0.0149. The number of likely N-dealkylation sites (N-methyl/N-ethyl adjacent to an activating group) is 1. The van der Waals surface area contributed by atoms with Gasteiger partial charge < -0.3 is 15.0 Å². The molecule has 1 radical (unpaired) electrons. The summed E-state index contributed by atoms with van der Waals surface area (Å²) < 4.78 is 5.72. The summed E-state index contributed by atoms with van der Waals surface area (Å²) in [6.45, 7) is 6.48. The second kappa shape index (κ2) is 8.16. The maximum atomic E-state index is 12.5. The first kappa shape index (κ1) is 17.5. The van der Waals surface area contributed by atoms with Crippen molar-refractivity contribution in [1.82, 2.24) is 20.4 Å². The van der Waals surface area contributed by atoms with E-state index in [0.717, 1.165) is 36.3 Å². The zero-order chi connectivity index (χ0) is 17.6. The van der Waals surface area contributed by atoms with Crippen LogP contribution in [-0.4, -0.2) is 53.3 Å². The molecule has 133 valence electrons. The number of aryl methyl sites for hydroxylation is 1. The van der Waals surface area contributed by atoms with Crippen molar-refractivity contribution < 1.29 is 9.53 Å². The quantitative estimate of drug-likeness (QED) is 0.810. The third-order valence-electron chi connectivity index (χ3n) is 4.60. The maximum Gasteiger partial charge on any atom is 0.260 e. The molecule has 1 saturated heterocycles. The third kappa shape index (κ3) is 4.39.